The molecule has 104 valence electrons. The van der Waals surface area contributed by atoms with E-state index < -0.39 is 6.09 Å². The summed E-state index contributed by atoms with van der Waals surface area (Å²) in [4.78, 5) is 24.5. The van der Waals surface area contributed by atoms with Gasteiger partial charge < -0.3 is 25.0 Å². The zero-order valence-corrected chi connectivity index (χ0v) is 10.9. The minimum atomic E-state index is -0.451. The molecule has 2 N–H and O–H groups in total. The summed E-state index contributed by atoms with van der Waals surface area (Å²) in [6.45, 7) is 2.74. The van der Waals surface area contributed by atoms with Gasteiger partial charge in [-0.3, -0.25) is 4.79 Å². The van der Waals surface area contributed by atoms with E-state index in [1.165, 1.54) is 7.11 Å². The second kappa shape index (κ2) is 7.88. The number of methoxy groups -OCH3 is 2. The van der Waals surface area contributed by atoms with Crippen molar-refractivity contribution in [3.05, 3.63) is 0 Å². The van der Waals surface area contributed by atoms with Crippen LogP contribution in [0.1, 0.15) is 6.42 Å². The lowest BCUT2D eigenvalue weighted by molar-refractivity contribution is -0.129. The smallest absolute Gasteiger partial charge is 0.407 e. The summed E-state index contributed by atoms with van der Waals surface area (Å²) in [5.74, 6) is 0.0419. The van der Waals surface area contributed by atoms with Gasteiger partial charge in [-0.1, -0.05) is 0 Å². The molecule has 1 atom stereocenters. The summed E-state index contributed by atoms with van der Waals surface area (Å²) < 4.78 is 9.39. The summed E-state index contributed by atoms with van der Waals surface area (Å²) in [6, 6.07) is -0.0135. The van der Waals surface area contributed by atoms with Crippen LogP contribution in [0.15, 0.2) is 0 Å². The van der Waals surface area contributed by atoms with Gasteiger partial charge in [0.25, 0.3) is 0 Å². The summed E-state index contributed by atoms with van der Waals surface area (Å²) in [5, 5.41) is 5.70. The lowest BCUT2D eigenvalue weighted by Gasteiger charge is -2.17. The van der Waals surface area contributed by atoms with E-state index in [0.29, 0.717) is 32.8 Å². The largest absolute Gasteiger partial charge is 0.453 e. The predicted octanol–water partition coefficient (Wildman–Crippen LogP) is -0.821. The third-order valence-corrected chi connectivity index (χ3v) is 2.81. The molecule has 1 fully saturated rings. The summed E-state index contributed by atoms with van der Waals surface area (Å²) in [5.41, 5.74) is 0. The van der Waals surface area contributed by atoms with Crippen molar-refractivity contribution >= 4 is 12.0 Å². The van der Waals surface area contributed by atoms with Crippen LogP contribution in [0.25, 0.3) is 0 Å². The molecule has 0 aromatic rings. The number of amides is 2. The number of carbonyl (C=O) groups excluding carboxylic acids is 2. The van der Waals surface area contributed by atoms with Crippen LogP contribution in [-0.4, -0.2) is 69.9 Å². The first-order chi connectivity index (χ1) is 8.67. The van der Waals surface area contributed by atoms with E-state index >= 15 is 0 Å². The van der Waals surface area contributed by atoms with Crippen molar-refractivity contribution in [2.24, 2.45) is 0 Å². The number of nitrogens with one attached hydrogen (secondary N) is 2. The molecule has 1 rings (SSSR count). The number of likely N-dealkylation sites (tertiary alicyclic amines) is 1. The third kappa shape index (κ3) is 4.89. The number of hydrogen-bond acceptors (Lipinski definition) is 5. The first kappa shape index (κ1) is 14.7. The Bertz CT molecular complexity index is 285. The third-order valence-electron chi connectivity index (χ3n) is 2.81. The molecule has 0 aromatic heterocycles. The van der Waals surface area contributed by atoms with Gasteiger partial charge in [0.15, 0.2) is 0 Å². The van der Waals surface area contributed by atoms with E-state index in [1.807, 2.05) is 0 Å². The highest BCUT2D eigenvalue weighted by Crippen LogP contribution is 2.09. The number of rotatable bonds is 6. The topological polar surface area (TPSA) is 79.9 Å². The average molecular weight is 259 g/mol. The lowest BCUT2D eigenvalue weighted by atomic mass is 10.3. The molecule has 0 aromatic carbocycles. The van der Waals surface area contributed by atoms with Crippen molar-refractivity contribution in [3.8, 4) is 0 Å². The van der Waals surface area contributed by atoms with Crippen LogP contribution in [0, 0.1) is 0 Å². The van der Waals surface area contributed by atoms with E-state index in [9.17, 15) is 9.59 Å². The van der Waals surface area contributed by atoms with Crippen molar-refractivity contribution in [2.75, 3.05) is 47.0 Å². The maximum absolute atomic E-state index is 11.8. The minimum absolute atomic E-state index is 0.0135. The molecule has 18 heavy (non-hydrogen) atoms. The molecule has 0 spiro atoms. The predicted molar refractivity (Wildman–Crippen MR) is 65.3 cm³/mol. The van der Waals surface area contributed by atoms with Gasteiger partial charge in [-0.2, -0.15) is 0 Å². The number of alkyl carbamates (subject to hydrolysis) is 1. The number of nitrogens with zero attached hydrogens (tertiary/aromatic N) is 1. The van der Waals surface area contributed by atoms with Crippen LogP contribution >= 0.6 is 0 Å². The molecule has 1 saturated heterocycles. The highest BCUT2D eigenvalue weighted by molar-refractivity contribution is 5.78. The Labute approximate surface area is 107 Å². The molecular weight excluding hydrogens is 238 g/mol. The van der Waals surface area contributed by atoms with Gasteiger partial charge in [0.1, 0.15) is 0 Å². The molecule has 0 radical (unpaired) electrons. The normalized spacial score (nSPS) is 18.8. The standard InChI is InChI=1S/C11H21N3O4/c1-17-6-4-12-7-10(15)14-5-3-9(8-14)13-11(16)18-2/h9,12H,3-8H2,1-2H3,(H,13,16). The number of ether oxygens (including phenoxy) is 2. The summed E-state index contributed by atoms with van der Waals surface area (Å²) >= 11 is 0. The van der Waals surface area contributed by atoms with Crippen LogP contribution in [0.4, 0.5) is 4.79 Å². The second-order valence-corrected chi connectivity index (χ2v) is 4.13. The van der Waals surface area contributed by atoms with E-state index in [-0.39, 0.29) is 11.9 Å². The molecule has 1 aliphatic rings. The van der Waals surface area contributed by atoms with Crippen LogP contribution in [0.2, 0.25) is 0 Å². The van der Waals surface area contributed by atoms with Crippen molar-refractivity contribution in [2.45, 2.75) is 12.5 Å². The fourth-order valence-corrected chi connectivity index (χ4v) is 1.81. The van der Waals surface area contributed by atoms with Crippen molar-refractivity contribution in [1.82, 2.24) is 15.5 Å². The Kier molecular flexibility index (Phi) is 6.45. The van der Waals surface area contributed by atoms with E-state index in [1.54, 1.807) is 12.0 Å². The van der Waals surface area contributed by atoms with Crippen LogP contribution < -0.4 is 10.6 Å². The van der Waals surface area contributed by atoms with Gasteiger partial charge in [0.2, 0.25) is 5.91 Å². The average Bonchev–Trinajstić information content (AvgIpc) is 2.82. The Morgan fingerprint density at radius 3 is 2.83 bits per heavy atom. The van der Waals surface area contributed by atoms with E-state index in [0.717, 1.165) is 6.42 Å². The minimum Gasteiger partial charge on any atom is -0.453 e. The molecule has 1 aliphatic heterocycles. The monoisotopic (exact) mass is 259 g/mol. The van der Waals surface area contributed by atoms with E-state index in [4.69, 9.17) is 4.74 Å². The molecule has 0 aliphatic carbocycles. The van der Waals surface area contributed by atoms with Crippen molar-refractivity contribution < 1.29 is 19.1 Å². The first-order valence-electron chi connectivity index (χ1n) is 5.99. The van der Waals surface area contributed by atoms with Crippen molar-refractivity contribution in [1.29, 1.82) is 0 Å². The van der Waals surface area contributed by atoms with Crippen LogP contribution in [0.3, 0.4) is 0 Å². The Hall–Kier alpha value is -1.34. The maximum atomic E-state index is 11.8. The van der Waals surface area contributed by atoms with Gasteiger partial charge in [-0.25, -0.2) is 4.79 Å². The van der Waals surface area contributed by atoms with Crippen molar-refractivity contribution in [3.63, 3.8) is 0 Å². The molecule has 1 heterocycles. The van der Waals surface area contributed by atoms with Crippen LogP contribution in [0.5, 0.6) is 0 Å². The van der Waals surface area contributed by atoms with Gasteiger partial charge in [-0.05, 0) is 6.42 Å². The maximum Gasteiger partial charge on any atom is 0.407 e. The highest BCUT2D eigenvalue weighted by Gasteiger charge is 2.26. The number of carbonyl (C=O) groups is 2. The first-order valence-corrected chi connectivity index (χ1v) is 5.99. The summed E-state index contributed by atoms with van der Waals surface area (Å²) in [7, 11) is 2.94. The molecule has 7 nitrogen and oxygen atoms in total. The molecule has 7 heteroatoms. The fourth-order valence-electron chi connectivity index (χ4n) is 1.81. The Balaban J connectivity index is 2.20. The SMILES string of the molecule is COCCNCC(=O)N1CCC(NC(=O)OC)C1. The van der Waals surface area contributed by atoms with Gasteiger partial charge in [0, 0.05) is 26.7 Å². The fraction of sp³-hybridized carbons (Fsp3) is 0.818. The lowest BCUT2D eigenvalue weighted by Crippen LogP contribution is -2.41. The Morgan fingerprint density at radius 1 is 1.39 bits per heavy atom. The summed E-state index contributed by atoms with van der Waals surface area (Å²) in [6.07, 6.45) is 0.311. The van der Waals surface area contributed by atoms with Crippen LogP contribution in [-0.2, 0) is 14.3 Å². The molecular formula is C11H21N3O4. The second-order valence-electron chi connectivity index (χ2n) is 4.13. The molecule has 2 amide bonds. The number of hydrogen-bond donors (Lipinski definition) is 2. The quantitative estimate of drug-likeness (QED) is 0.609. The van der Waals surface area contributed by atoms with E-state index in [2.05, 4.69) is 15.4 Å². The Morgan fingerprint density at radius 2 is 2.17 bits per heavy atom. The molecule has 1 unspecified atom stereocenters. The molecule has 0 bridgehead atoms. The van der Waals surface area contributed by atoms with Gasteiger partial charge in [-0.15, -0.1) is 0 Å². The van der Waals surface area contributed by atoms with Gasteiger partial charge in [0.05, 0.1) is 26.3 Å². The highest BCUT2D eigenvalue weighted by atomic mass is 16.5. The zero-order chi connectivity index (χ0) is 13.4. The molecule has 0 saturated carbocycles. The zero-order valence-electron chi connectivity index (χ0n) is 10.9. The van der Waals surface area contributed by atoms with Gasteiger partial charge >= 0.3 is 6.09 Å².